The molecule has 116 valence electrons. The van der Waals surface area contributed by atoms with Gasteiger partial charge < -0.3 is 5.73 Å². The van der Waals surface area contributed by atoms with Gasteiger partial charge in [-0.3, -0.25) is 4.40 Å². The summed E-state index contributed by atoms with van der Waals surface area (Å²) in [5.74, 6) is 0.558. The van der Waals surface area contributed by atoms with Crippen molar-refractivity contribution >= 4 is 21.5 Å². The van der Waals surface area contributed by atoms with Gasteiger partial charge in [0, 0.05) is 12.2 Å². The molecule has 0 amide bonds. The molecule has 2 rings (SSSR count). The summed E-state index contributed by atoms with van der Waals surface area (Å²) >= 11 is 0. The molecule has 1 atom stereocenters. The summed E-state index contributed by atoms with van der Waals surface area (Å²) in [4.78, 5) is 4.08. The number of nitrogens with one attached hydrogen (secondary N) is 1. The highest BCUT2D eigenvalue weighted by molar-refractivity contribution is 7.89. The number of rotatable bonds is 6. The second-order valence-electron chi connectivity index (χ2n) is 5.72. The van der Waals surface area contributed by atoms with Gasteiger partial charge in [-0.2, -0.15) is 0 Å². The van der Waals surface area contributed by atoms with Gasteiger partial charge in [-0.05, 0) is 37.8 Å². The lowest BCUT2D eigenvalue weighted by Crippen LogP contribution is -2.33. The van der Waals surface area contributed by atoms with Crippen LogP contribution in [0.2, 0.25) is 0 Å². The van der Waals surface area contributed by atoms with Crippen molar-refractivity contribution in [1.82, 2.24) is 14.1 Å². The highest BCUT2D eigenvalue weighted by Gasteiger charge is 2.25. The molecular formula is C14H22N4O2S. The molecule has 0 saturated heterocycles. The quantitative estimate of drug-likeness (QED) is 0.854. The average Bonchev–Trinajstić information content (AvgIpc) is 2.72. The molecule has 7 heteroatoms. The number of hydrogen-bond acceptors (Lipinski definition) is 4. The van der Waals surface area contributed by atoms with Crippen molar-refractivity contribution in [3.8, 4) is 0 Å². The van der Waals surface area contributed by atoms with E-state index in [2.05, 4.69) is 23.6 Å². The van der Waals surface area contributed by atoms with E-state index in [4.69, 9.17) is 5.73 Å². The Balaban J connectivity index is 2.28. The third kappa shape index (κ3) is 3.54. The van der Waals surface area contributed by atoms with Crippen LogP contribution in [0.15, 0.2) is 29.4 Å². The molecule has 0 aromatic carbocycles. The Hall–Kier alpha value is -1.60. The SMILES string of the molecule is CC(C)CCC(C)NS(=O)(=O)c1c(N)nc2ccccn12. The molecule has 0 bridgehead atoms. The Kier molecular flexibility index (Phi) is 4.53. The topological polar surface area (TPSA) is 89.5 Å². The molecule has 1 unspecified atom stereocenters. The fourth-order valence-corrected chi connectivity index (χ4v) is 3.72. The van der Waals surface area contributed by atoms with Crippen LogP contribution in [0.3, 0.4) is 0 Å². The summed E-state index contributed by atoms with van der Waals surface area (Å²) in [6.45, 7) is 6.09. The number of imidazole rings is 1. The normalized spacial score (nSPS) is 13.9. The summed E-state index contributed by atoms with van der Waals surface area (Å²) < 4.78 is 29.2. The van der Waals surface area contributed by atoms with Gasteiger partial charge in [-0.25, -0.2) is 18.1 Å². The maximum Gasteiger partial charge on any atom is 0.260 e. The van der Waals surface area contributed by atoms with Crippen LogP contribution < -0.4 is 10.5 Å². The predicted molar refractivity (Wildman–Crippen MR) is 83.5 cm³/mol. The molecule has 0 aliphatic rings. The largest absolute Gasteiger partial charge is 0.381 e. The molecule has 21 heavy (non-hydrogen) atoms. The van der Waals surface area contributed by atoms with Gasteiger partial charge in [0.25, 0.3) is 10.0 Å². The number of aromatic nitrogens is 2. The minimum atomic E-state index is -3.70. The van der Waals surface area contributed by atoms with E-state index in [0.29, 0.717) is 11.6 Å². The van der Waals surface area contributed by atoms with Gasteiger partial charge in [0.1, 0.15) is 5.65 Å². The number of nitrogen functional groups attached to an aromatic ring is 1. The highest BCUT2D eigenvalue weighted by Crippen LogP contribution is 2.20. The Labute approximate surface area is 125 Å². The molecule has 3 N–H and O–H groups in total. The second-order valence-corrected chi connectivity index (χ2v) is 7.35. The summed E-state index contributed by atoms with van der Waals surface area (Å²) in [7, 11) is -3.70. The van der Waals surface area contributed by atoms with Crippen molar-refractivity contribution in [3.05, 3.63) is 24.4 Å². The number of pyridine rings is 1. The fourth-order valence-electron chi connectivity index (χ4n) is 2.22. The van der Waals surface area contributed by atoms with E-state index in [9.17, 15) is 8.42 Å². The van der Waals surface area contributed by atoms with Crippen molar-refractivity contribution in [2.75, 3.05) is 5.73 Å². The van der Waals surface area contributed by atoms with Crippen LogP contribution in [0.4, 0.5) is 5.82 Å². The van der Waals surface area contributed by atoms with Gasteiger partial charge in [0.2, 0.25) is 0 Å². The van der Waals surface area contributed by atoms with Gasteiger partial charge >= 0.3 is 0 Å². The van der Waals surface area contributed by atoms with Crippen molar-refractivity contribution in [2.24, 2.45) is 5.92 Å². The second kappa shape index (κ2) is 6.03. The first-order valence-corrected chi connectivity index (χ1v) is 8.54. The lowest BCUT2D eigenvalue weighted by atomic mass is 10.1. The fraction of sp³-hybridized carbons (Fsp3) is 0.500. The van der Waals surface area contributed by atoms with E-state index in [1.54, 1.807) is 24.4 Å². The van der Waals surface area contributed by atoms with Crippen LogP contribution in [-0.4, -0.2) is 23.8 Å². The van der Waals surface area contributed by atoms with Crippen LogP contribution in [-0.2, 0) is 10.0 Å². The summed E-state index contributed by atoms with van der Waals surface area (Å²) in [6.07, 6.45) is 3.39. The number of nitrogens with zero attached hydrogens (tertiary/aromatic N) is 2. The Bertz CT molecular complexity index is 722. The molecule has 0 saturated carbocycles. The number of sulfonamides is 1. The summed E-state index contributed by atoms with van der Waals surface area (Å²) in [5.41, 5.74) is 6.30. The van der Waals surface area contributed by atoms with Crippen molar-refractivity contribution in [3.63, 3.8) is 0 Å². The number of nitrogens with two attached hydrogens (primary N) is 1. The van der Waals surface area contributed by atoms with Crippen LogP contribution in [0.5, 0.6) is 0 Å². The molecule has 0 aliphatic heterocycles. The molecule has 2 heterocycles. The first-order valence-electron chi connectivity index (χ1n) is 7.06. The van der Waals surface area contributed by atoms with Crippen LogP contribution >= 0.6 is 0 Å². The maximum absolute atomic E-state index is 12.5. The average molecular weight is 310 g/mol. The maximum atomic E-state index is 12.5. The zero-order valence-electron chi connectivity index (χ0n) is 12.6. The third-order valence-corrected chi connectivity index (χ3v) is 4.93. The number of hydrogen-bond donors (Lipinski definition) is 2. The smallest absolute Gasteiger partial charge is 0.260 e. The van der Waals surface area contributed by atoms with Crippen molar-refractivity contribution in [1.29, 1.82) is 0 Å². The predicted octanol–water partition coefficient (Wildman–Crippen LogP) is 2.02. The summed E-state index contributed by atoms with van der Waals surface area (Å²) in [5, 5.41) is 0.00879. The zero-order valence-corrected chi connectivity index (χ0v) is 13.4. The third-order valence-electron chi connectivity index (χ3n) is 3.30. The highest BCUT2D eigenvalue weighted by atomic mass is 32.2. The molecule has 6 nitrogen and oxygen atoms in total. The van der Waals surface area contributed by atoms with Gasteiger partial charge in [-0.15, -0.1) is 0 Å². The monoisotopic (exact) mass is 310 g/mol. The molecule has 0 fully saturated rings. The molecule has 0 spiro atoms. The molecule has 2 aromatic heterocycles. The first-order chi connectivity index (χ1) is 9.81. The molecular weight excluding hydrogens is 288 g/mol. The molecule has 2 aromatic rings. The van der Waals surface area contributed by atoms with E-state index in [0.717, 1.165) is 12.8 Å². The Morgan fingerprint density at radius 2 is 2.00 bits per heavy atom. The van der Waals surface area contributed by atoms with Crippen molar-refractivity contribution in [2.45, 2.75) is 44.7 Å². The number of fused-ring (bicyclic) bond motifs is 1. The Morgan fingerprint density at radius 1 is 1.29 bits per heavy atom. The van der Waals surface area contributed by atoms with Gasteiger partial charge in [0.15, 0.2) is 10.8 Å². The van der Waals surface area contributed by atoms with E-state index >= 15 is 0 Å². The van der Waals surface area contributed by atoms with Crippen LogP contribution in [0, 0.1) is 5.92 Å². The van der Waals surface area contributed by atoms with E-state index in [1.807, 2.05) is 6.92 Å². The zero-order chi connectivity index (χ0) is 15.6. The summed E-state index contributed by atoms with van der Waals surface area (Å²) in [6, 6.07) is 5.11. The van der Waals surface area contributed by atoms with Crippen LogP contribution in [0.25, 0.3) is 5.65 Å². The van der Waals surface area contributed by atoms with E-state index < -0.39 is 10.0 Å². The lowest BCUT2D eigenvalue weighted by Gasteiger charge is -2.15. The molecule has 0 radical (unpaired) electrons. The lowest BCUT2D eigenvalue weighted by molar-refractivity contribution is 0.484. The molecule has 0 aliphatic carbocycles. The minimum absolute atomic E-state index is 0.00879. The van der Waals surface area contributed by atoms with E-state index in [-0.39, 0.29) is 16.9 Å². The van der Waals surface area contributed by atoms with Gasteiger partial charge in [-0.1, -0.05) is 19.9 Å². The van der Waals surface area contributed by atoms with Crippen LogP contribution in [0.1, 0.15) is 33.6 Å². The Morgan fingerprint density at radius 3 is 2.67 bits per heavy atom. The first kappa shape index (κ1) is 15.8. The minimum Gasteiger partial charge on any atom is -0.381 e. The van der Waals surface area contributed by atoms with Crippen molar-refractivity contribution < 1.29 is 8.42 Å². The standard InChI is InChI=1S/C14H22N4O2S/c1-10(2)7-8-11(3)17-21(19,20)14-13(15)16-12-6-4-5-9-18(12)14/h4-6,9-11,17H,7-8,15H2,1-3H3. The van der Waals surface area contributed by atoms with Gasteiger partial charge in [0.05, 0.1) is 0 Å². The number of anilines is 1. The van der Waals surface area contributed by atoms with E-state index in [1.165, 1.54) is 4.40 Å².